The van der Waals surface area contributed by atoms with E-state index in [1.54, 1.807) is 31.0 Å². The summed E-state index contributed by atoms with van der Waals surface area (Å²) in [5.74, 6) is -0.274. The van der Waals surface area contributed by atoms with Crippen molar-refractivity contribution in [3.05, 3.63) is 62.1 Å². The zero-order valence-corrected chi connectivity index (χ0v) is 21.6. The molecule has 1 fully saturated rings. The number of nitrogens with one attached hydrogen (secondary N) is 2. The molecule has 1 aliphatic heterocycles. The fraction of sp³-hybridized carbons (Fsp3) is 0.391. The molecule has 0 radical (unpaired) electrons. The van der Waals surface area contributed by atoms with E-state index in [-0.39, 0.29) is 34.9 Å². The second-order valence-corrected chi connectivity index (χ2v) is 9.81. The fourth-order valence-electron chi connectivity index (χ4n) is 4.33. The number of aryl methyl sites for hydroxylation is 1. The number of methoxy groups -OCH3 is 1. The second-order valence-electron chi connectivity index (χ2n) is 8.25. The summed E-state index contributed by atoms with van der Waals surface area (Å²) in [6, 6.07) is 7.19. The van der Waals surface area contributed by atoms with Gasteiger partial charge in [0, 0.05) is 51.4 Å². The molecule has 34 heavy (non-hydrogen) atoms. The Bertz CT molecular complexity index is 1160. The summed E-state index contributed by atoms with van der Waals surface area (Å²) in [6.07, 6.45) is 3.16. The third-order valence-electron chi connectivity index (χ3n) is 6.07. The first-order chi connectivity index (χ1) is 16.3. The van der Waals surface area contributed by atoms with Crippen LogP contribution in [0.5, 0.6) is 0 Å². The Morgan fingerprint density at radius 1 is 1.24 bits per heavy atom. The van der Waals surface area contributed by atoms with Crippen molar-refractivity contribution in [2.45, 2.75) is 30.8 Å². The lowest BCUT2D eigenvalue weighted by Crippen LogP contribution is -2.53. The molecule has 11 heteroatoms. The lowest BCUT2D eigenvalue weighted by molar-refractivity contribution is 0.0887. The third-order valence-corrected chi connectivity index (χ3v) is 7.37. The molecular weight excluding hydrogens is 522 g/mol. The maximum Gasteiger partial charge on any atom is 0.287 e. The molecule has 1 amide bonds. The van der Waals surface area contributed by atoms with Crippen molar-refractivity contribution in [3.8, 4) is 11.3 Å². The number of piperidine rings is 1. The molecule has 2 aromatic heterocycles. The maximum absolute atomic E-state index is 13.2. The predicted octanol–water partition coefficient (Wildman–Crippen LogP) is 5.57. The maximum atomic E-state index is 13.2. The smallest absolute Gasteiger partial charge is 0.287 e. The molecule has 1 aromatic carbocycles. The largest absolute Gasteiger partial charge is 0.439 e. The molecule has 2 N–H and O–H groups in total. The normalized spacial score (nSPS) is 20.5. The lowest BCUT2D eigenvalue weighted by Gasteiger charge is -2.38. The number of aromatic nitrogens is 2. The Labute approximate surface area is 217 Å². The van der Waals surface area contributed by atoms with Gasteiger partial charge in [0.25, 0.3) is 5.91 Å². The summed E-state index contributed by atoms with van der Waals surface area (Å²) in [6.45, 7) is 1.22. The van der Waals surface area contributed by atoms with E-state index in [0.29, 0.717) is 39.5 Å². The van der Waals surface area contributed by atoms with Crippen LogP contribution in [0, 0.1) is 0 Å². The highest BCUT2D eigenvalue weighted by molar-refractivity contribution is 6.42. The van der Waals surface area contributed by atoms with E-state index in [0.717, 1.165) is 18.4 Å². The molecule has 0 saturated carbocycles. The van der Waals surface area contributed by atoms with Crippen LogP contribution in [0.2, 0.25) is 20.3 Å². The number of carbonyl (C=O) groups excluding carboxylic acids is 1. The van der Waals surface area contributed by atoms with Crippen molar-refractivity contribution in [3.63, 3.8) is 0 Å². The van der Waals surface area contributed by atoms with Crippen LogP contribution in [0.4, 0.5) is 0 Å². The number of benzene rings is 1. The van der Waals surface area contributed by atoms with Crippen molar-refractivity contribution in [1.29, 1.82) is 0 Å². The molecule has 1 unspecified atom stereocenters. The van der Waals surface area contributed by atoms with Crippen LogP contribution >= 0.6 is 46.4 Å². The number of halogens is 4. The zero-order valence-electron chi connectivity index (χ0n) is 18.6. The Kier molecular flexibility index (Phi) is 8.12. The van der Waals surface area contributed by atoms with Gasteiger partial charge in [-0.3, -0.25) is 9.48 Å². The summed E-state index contributed by atoms with van der Waals surface area (Å²) in [4.78, 5) is 13.2. The van der Waals surface area contributed by atoms with Gasteiger partial charge in [-0.1, -0.05) is 40.9 Å². The molecule has 7 nitrogen and oxygen atoms in total. The van der Waals surface area contributed by atoms with Gasteiger partial charge in [0.05, 0.1) is 32.5 Å². The number of ether oxygens (including phenoxy) is 1. The van der Waals surface area contributed by atoms with Crippen molar-refractivity contribution >= 4 is 52.3 Å². The second kappa shape index (κ2) is 10.9. The van der Waals surface area contributed by atoms with Crippen LogP contribution in [0.15, 0.2) is 34.9 Å². The van der Waals surface area contributed by atoms with Crippen molar-refractivity contribution in [2.24, 2.45) is 7.05 Å². The molecule has 3 atom stereocenters. The van der Waals surface area contributed by atoms with E-state index in [2.05, 4.69) is 15.7 Å². The Balaban J connectivity index is 1.56. The topological polar surface area (TPSA) is 81.3 Å². The highest BCUT2D eigenvalue weighted by atomic mass is 35.5. The van der Waals surface area contributed by atoms with Crippen molar-refractivity contribution in [1.82, 2.24) is 20.4 Å². The average Bonchev–Trinajstić information content (AvgIpc) is 3.35. The standard InChI is InChI=1S/C23H24Cl4N4O3/c1-31-21(18(26)10-29-31)15-9-20(34-22(15)27)23(32)30-19-11-28-13(5-6-33-2)8-14(19)12-3-4-16(24)17(25)7-12/h3-4,7,9-10,13-14,19,28H,5-6,8,11H2,1-2H3,(H,30,32)/t13?,14-,19+/m0/s1. The monoisotopic (exact) mass is 544 g/mol. The van der Waals surface area contributed by atoms with Crippen LogP contribution < -0.4 is 10.6 Å². The van der Waals surface area contributed by atoms with Crippen LogP contribution in [-0.4, -0.2) is 48.0 Å². The fourth-order valence-corrected chi connectivity index (χ4v) is 5.13. The molecule has 3 aromatic rings. The first kappa shape index (κ1) is 25.4. The van der Waals surface area contributed by atoms with E-state index < -0.39 is 0 Å². The Morgan fingerprint density at radius 2 is 2.03 bits per heavy atom. The predicted molar refractivity (Wildman–Crippen MR) is 134 cm³/mol. The van der Waals surface area contributed by atoms with Gasteiger partial charge in [0.15, 0.2) is 5.76 Å². The molecule has 4 rings (SSSR count). The van der Waals surface area contributed by atoms with Crippen LogP contribution in [0.3, 0.4) is 0 Å². The number of amides is 1. The van der Waals surface area contributed by atoms with Gasteiger partial charge in [0.1, 0.15) is 0 Å². The van der Waals surface area contributed by atoms with Crippen LogP contribution in [-0.2, 0) is 11.8 Å². The van der Waals surface area contributed by atoms with E-state index in [9.17, 15) is 4.79 Å². The van der Waals surface area contributed by atoms with Gasteiger partial charge < -0.3 is 19.8 Å². The SMILES string of the molecule is COCCC1C[C@@H](c2ccc(Cl)c(Cl)c2)[C@H](NC(=O)c2cc(-c3c(Cl)cnn3C)c(Cl)o2)CN1. The molecule has 0 spiro atoms. The third kappa shape index (κ3) is 5.40. The Morgan fingerprint density at radius 3 is 2.71 bits per heavy atom. The first-order valence-electron chi connectivity index (χ1n) is 10.7. The van der Waals surface area contributed by atoms with E-state index in [4.69, 9.17) is 55.6 Å². The van der Waals surface area contributed by atoms with Crippen LogP contribution in [0.1, 0.15) is 34.9 Å². The van der Waals surface area contributed by atoms with Gasteiger partial charge in [0.2, 0.25) is 5.22 Å². The van der Waals surface area contributed by atoms with E-state index in [1.807, 2.05) is 12.1 Å². The van der Waals surface area contributed by atoms with Gasteiger partial charge in [-0.25, -0.2) is 0 Å². The summed E-state index contributed by atoms with van der Waals surface area (Å²) in [5, 5.41) is 12.2. The molecule has 0 aliphatic carbocycles. The van der Waals surface area contributed by atoms with Gasteiger partial charge >= 0.3 is 0 Å². The zero-order chi connectivity index (χ0) is 24.4. The minimum atomic E-state index is -0.376. The quantitative estimate of drug-likeness (QED) is 0.405. The number of rotatable bonds is 7. The number of carbonyl (C=O) groups is 1. The lowest BCUT2D eigenvalue weighted by atomic mass is 9.82. The van der Waals surface area contributed by atoms with Gasteiger partial charge in [-0.2, -0.15) is 5.10 Å². The molecular formula is C23H24Cl4N4O3. The highest BCUT2D eigenvalue weighted by Gasteiger charge is 2.33. The Hall–Kier alpha value is -1.74. The number of nitrogens with zero attached hydrogens (tertiary/aromatic N) is 2. The number of hydrogen-bond acceptors (Lipinski definition) is 5. The summed E-state index contributed by atoms with van der Waals surface area (Å²) < 4.78 is 12.4. The minimum absolute atomic E-state index is 0.0123. The number of hydrogen-bond donors (Lipinski definition) is 2. The van der Waals surface area contributed by atoms with Crippen LogP contribution in [0.25, 0.3) is 11.3 Å². The van der Waals surface area contributed by atoms with E-state index in [1.165, 1.54) is 6.20 Å². The molecule has 182 valence electrons. The minimum Gasteiger partial charge on any atom is -0.439 e. The average molecular weight is 546 g/mol. The molecule has 0 bridgehead atoms. The van der Waals surface area contributed by atoms with Crippen molar-refractivity contribution in [2.75, 3.05) is 20.3 Å². The number of furan rings is 1. The summed E-state index contributed by atoms with van der Waals surface area (Å²) in [5.41, 5.74) is 2.08. The van der Waals surface area contributed by atoms with E-state index >= 15 is 0 Å². The highest BCUT2D eigenvalue weighted by Crippen LogP contribution is 2.36. The van der Waals surface area contributed by atoms with Gasteiger partial charge in [-0.05, 0) is 42.1 Å². The molecule has 3 heterocycles. The van der Waals surface area contributed by atoms with Crippen molar-refractivity contribution < 1.29 is 13.9 Å². The molecule has 1 aliphatic rings. The molecule has 1 saturated heterocycles. The first-order valence-corrected chi connectivity index (χ1v) is 12.2. The summed E-state index contributed by atoms with van der Waals surface area (Å²) in [7, 11) is 3.42. The van der Waals surface area contributed by atoms with Gasteiger partial charge in [-0.15, -0.1) is 0 Å². The summed E-state index contributed by atoms with van der Waals surface area (Å²) >= 11 is 25.0.